The number of benzene rings is 1. The summed E-state index contributed by atoms with van der Waals surface area (Å²) in [4.78, 5) is 37.0. The maximum Gasteiger partial charge on any atom is 0.229 e. The van der Waals surface area contributed by atoms with Gasteiger partial charge in [0.2, 0.25) is 17.8 Å². The summed E-state index contributed by atoms with van der Waals surface area (Å²) in [6, 6.07) is 4.43. The van der Waals surface area contributed by atoms with E-state index >= 15 is 0 Å². The number of aromatic nitrogens is 2. The predicted octanol–water partition coefficient (Wildman–Crippen LogP) is 5.71. The minimum atomic E-state index is -0.00108. The molecule has 248 valence electrons. The van der Waals surface area contributed by atoms with Crippen molar-refractivity contribution in [2.45, 2.75) is 105 Å². The molecule has 1 aromatic carbocycles. The average molecular weight is 642 g/mol. The highest BCUT2D eigenvalue weighted by Gasteiger charge is 2.32. The maximum absolute atomic E-state index is 12.7. The van der Waals surface area contributed by atoms with Gasteiger partial charge in [0.25, 0.3) is 0 Å². The van der Waals surface area contributed by atoms with Crippen LogP contribution in [0, 0.1) is 18.8 Å². The van der Waals surface area contributed by atoms with Gasteiger partial charge in [-0.3, -0.25) is 9.59 Å². The Kier molecular flexibility index (Phi) is 12.3. The number of amides is 2. The van der Waals surface area contributed by atoms with E-state index in [9.17, 15) is 9.59 Å². The molecule has 0 radical (unpaired) electrons. The van der Waals surface area contributed by atoms with Crippen LogP contribution < -0.4 is 30.9 Å². The van der Waals surface area contributed by atoms with Gasteiger partial charge in [0.05, 0.1) is 18.0 Å². The highest BCUT2D eigenvalue weighted by atomic mass is 35.5. The Morgan fingerprint density at radius 1 is 1.00 bits per heavy atom. The zero-order chi connectivity index (χ0) is 32.7. The summed E-state index contributed by atoms with van der Waals surface area (Å²) in [6.07, 6.45) is 5.36. The summed E-state index contributed by atoms with van der Waals surface area (Å²) in [5.74, 6) is 2.39. The average Bonchev–Trinajstić information content (AvgIpc) is 2.94. The molecule has 10 nitrogen and oxygen atoms in total. The number of hydrogen-bond acceptors (Lipinski definition) is 8. The summed E-state index contributed by atoms with van der Waals surface area (Å²) < 4.78 is 6.29. The smallest absolute Gasteiger partial charge is 0.229 e. The molecule has 2 aromatic rings. The van der Waals surface area contributed by atoms with E-state index in [1.807, 2.05) is 41.5 Å². The Hall–Kier alpha value is -3.11. The van der Waals surface area contributed by atoms with Gasteiger partial charge in [-0.25, -0.2) is 4.98 Å². The zero-order valence-electron chi connectivity index (χ0n) is 28.0. The Bertz CT molecular complexity index is 1280. The van der Waals surface area contributed by atoms with E-state index in [-0.39, 0.29) is 41.8 Å². The highest BCUT2D eigenvalue weighted by molar-refractivity contribution is 6.32. The van der Waals surface area contributed by atoms with Crippen molar-refractivity contribution in [3.63, 3.8) is 0 Å². The second-order valence-electron chi connectivity index (χ2n) is 13.6. The minimum Gasteiger partial charge on any atom is -0.489 e. The number of ether oxygens (including phenoxy) is 1. The molecule has 1 aromatic heterocycles. The van der Waals surface area contributed by atoms with Crippen LogP contribution in [0.2, 0.25) is 5.02 Å². The van der Waals surface area contributed by atoms with Crippen LogP contribution in [0.3, 0.4) is 0 Å². The molecule has 0 saturated carbocycles. The molecule has 2 atom stereocenters. The number of piperidine rings is 2. The number of halogens is 1. The second kappa shape index (κ2) is 15.9. The number of rotatable bonds is 12. The molecule has 0 unspecified atom stereocenters. The van der Waals surface area contributed by atoms with E-state index in [4.69, 9.17) is 21.3 Å². The largest absolute Gasteiger partial charge is 0.489 e. The molecule has 0 bridgehead atoms. The number of anilines is 3. The molecule has 4 N–H and O–H groups in total. The molecular formula is C34H52ClN7O3. The molecule has 0 aliphatic carbocycles. The van der Waals surface area contributed by atoms with Crippen LogP contribution in [0.4, 0.5) is 17.5 Å². The lowest BCUT2D eigenvalue weighted by atomic mass is 9.84. The van der Waals surface area contributed by atoms with Crippen molar-refractivity contribution in [3.8, 4) is 5.75 Å². The third-order valence-corrected chi connectivity index (χ3v) is 8.52. The van der Waals surface area contributed by atoms with Crippen molar-refractivity contribution in [3.05, 3.63) is 34.5 Å². The third kappa shape index (κ3) is 10.2. The van der Waals surface area contributed by atoms with Gasteiger partial charge in [-0.1, -0.05) is 11.6 Å². The third-order valence-electron chi connectivity index (χ3n) is 8.25. The monoisotopic (exact) mass is 641 g/mol. The van der Waals surface area contributed by atoms with Crippen LogP contribution in [-0.4, -0.2) is 66.1 Å². The van der Waals surface area contributed by atoms with Crippen LogP contribution in [-0.2, 0) is 9.59 Å². The lowest BCUT2D eigenvalue weighted by Crippen LogP contribution is -2.45. The molecule has 2 saturated heterocycles. The molecule has 2 aliphatic heterocycles. The van der Waals surface area contributed by atoms with E-state index in [0.29, 0.717) is 48.6 Å². The van der Waals surface area contributed by atoms with Crippen molar-refractivity contribution >= 4 is 40.9 Å². The second-order valence-corrected chi connectivity index (χ2v) is 14.0. The standard InChI is InChI=1S/C34H52ClN7O3/c1-20(2)38-31(43)14-24-13-25(15-32(44)39-21(3)4)19-42(18-24)33-28(35)17-37-34(41-33)40-29-12-23(7)27(16-30(29)45-22(5)6)26-8-10-36-11-9-26/h12,16-17,20-22,24-26,36H,8-11,13-15,18-19H2,1-7H3,(H,38,43)(H,39,44)(H,37,40,41)/t24-,25+. The van der Waals surface area contributed by atoms with Crippen LogP contribution in [0.5, 0.6) is 5.75 Å². The summed E-state index contributed by atoms with van der Waals surface area (Å²) in [6.45, 7) is 17.3. The first kappa shape index (κ1) is 34.8. The fourth-order valence-corrected chi connectivity index (χ4v) is 6.77. The van der Waals surface area contributed by atoms with Gasteiger partial charge in [0.15, 0.2) is 5.82 Å². The quantitative estimate of drug-likeness (QED) is 0.233. The number of aryl methyl sites for hydroxylation is 1. The van der Waals surface area contributed by atoms with Crippen LogP contribution >= 0.6 is 11.6 Å². The van der Waals surface area contributed by atoms with Crippen LogP contribution in [0.25, 0.3) is 0 Å². The molecular weight excluding hydrogens is 590 g/mol. The normalized spacial score (nSPS) is 19.2. The number of carbonyl (C=O) groups is 2. The van der Waals surface area contributed by atoms with Crippen LogP contribution in [0.15, 0.2) is 18.3 Å². The molecule has 45 heavy (non-hydrogen) atoms. The van der Waals surface area contributed by atoms with Crippen molar-refractivity contribution in [2.75, 3.05) is 36.4 Å². The topological polar surface area (TPSA) is 121 Å². The Balaban J connectivity index is 1.60. The van der Waals surface area contributed by atoms with Crippen molar-refractivity contribution in [1.82, 2.24) is 25.9 Å². The summed E-state index contributed by atoms with van der Waals surface area (Å²) in [5.41, 5.74) is 3.33. The molecule has 0 spiro atoms. The first-order valence-electron chi connectivity index (χ1n) is 16.5. The highest BCUT2D eigenvalue weighted by Crippen LogP contribution is 2.38. The van der Waals surface area contributed by atoms with E-state index in [2.05, 4.69) is 50.2 Å². The molecule has 2 aliphatic rings. The van der Waals surface area contributed by atoms with Gasteiger partial charge < -0.3 is 30.9 Å². The maximum atomic E-state index is 12.7. The Labute approximate surface area is 273 Å². The number of nitrogens with zero attached hydrogens (tertiary/aromatic N) is 3. The predicted molar refractivity (Wildman–Crippen MR) is 182 cm³/mol. The summed E-state index contributed by atoms with van der Waals surface area (Å²) in [5, 5.41) is 13.3. The lowest BCUT2D eigenvalue weighted by Gasteiger charge is -2.38. The lowest BCUT2D eigenvalue weighted by molar-refractivity contribution is -0.122. The fourth-order valence-electron chi connectivity index (χ4n) is 6.56. The molecule has 2 fully saturated rings. The number of carbonyl (C=O) groups excluding carboxylic acids is 2. The first-order valence-corrected chi connectivity index (χ1v) is 16.9. The number of hydrogen-bond donors (Lipinski definition) is 4. The Morgan fingerprint density at radius 2 is 1.60 bits per heavy atom. The van der Waals surface area contributed by atoms with Gasteiger partial charge in [0, 0.05) is 38.0 Å². The Morgan fingerprint density at radius 3 is 2.16 bits per heavy atom. The van der Waals surface area contributed by atoms with Gasteiger partial charge in [-0.2, -0.15) is 4.98 Å². The van der Waals surface area contributed by atoms with Gasteiger partial charge in [0.1, 0.15) is 10.8 Å². The van der Waals surface area contributed by atoms with Gasteiger partial charge in [-0.05, 0) is 122 Å². The van der Waals surface area contributed by atoms with E-state index < -0.39 is 0 Å². The molecule has 11 heteroatoms. The van der Waals surface area contributed by atoms with Crippen molar-refractivity contribution < 1.29 is 14.3 Å². The SMILES string of the molecule is Cc1cc(Nc2ncc(Cl)c(N3C[C@H](CC(=O)NC(C)C)C[C@H](CC(=O)NC(C)C)C3)n2)c(OC(C)C)cc1C1CCNCC1. The first-order chi connectivity index (χ1) is 21.4. The van der Waals surface area contributed by atoms with E-state index in [1.54, 1.807) is 6.20 Å². The van der Waals surface area contributed by atoms with E-state index in [1.165, 1.54) is 11.1 Å². The fraction of sp³-hybridized carbons (Fsp3) is 0.647. The summed E-state index contributed by atoms with van der Waals surface area (Å²) in [7, 11) is 0. The van der Waals surface area contributed by atoms with Gasteiger partial charge in [-0.15, -0.1) is 0 Å². The van der Waals surface area contributed by atoms with Gasteiger partial charge >= 0.3 is 0 Å². The molecule has 3 heterocycles. The van der Waals surface area contributed by atoms with Crippen LogP contribution in [0.1, 0.15) is 90.7 Å². The minimum absolute atomic E-state index is 0.00108. The van der Waals surface area contributed by atoms with E-state index in [0.717, 1.165) is 43.8 Å². The van der Waals surface area contributed by atoms with Crippen molar-refractivity contribution in [1.29, 1.82) is 0 Å². The zero-order valence-corrected chi connectivity index (χ0v) is 28.8. The molecule has 4 rings (SSSR count). The van der Waals surface area contributed by atoms with Crippen molar-refractivity contribution in [2.24, 2.45) is 11.8 Å². The number of nitrogens with one attached hydrogen (secondary N) is 4. The molecule has 2 amide bonds. The summed E-state index contributed by atoms with van der Waals surface area (Å²) >= 11 is 6.73.